The van der Waals surface area contributed by atoms with Crippen LogP contribution in [-0.4, -0.2) is 16.1 Å². The van der Waals surface area contributed by atoms with Crippen LogP contribution in [0.2, 0.25) is 5.02 Å². The average molecular weight is 418 g/mol. The molecule has 4 nitrogen and oxygen atoms in total. The number of carbonyl (C=O) groups is 1. The lowest BCUT2D eigenvalue weighted by Gasteiger charge is -2.26. The van der Waals surface area contributed by atoms with Crippen LogP contribution < -0.4 is 4.90 Å². The largest absolute Gasteiger partial charge is 0.295 e. The van der Waals surface area contributed by atoms with Gasteiger partial charge >= 0.3 is 0 Å². The zero-order chi connectivity index (χ0) is 20.8. The van der Waals surface area contributed by atoms with Crippen LogP contribution in [0.25, 0.3) is 11.3 Å². The van der Waals surface area contributed by atoms with E-state index in [1.54, 1.807) is 29.2 Å². The Morgan fingerprint density at radius 3 is 2.30 bits per heavy atom. The number of nitrogens with one attached hydrogen (secondary N) is 1. The maximum atomic E-state index is 13.6. The fourth-order valence-electron chi connectivity index (χ4n) is 3.91. The summed E-state index contributed by atoms with van der Waals surface area (Å²) in [6.45, 7) is 2.02. The molecule has 148 valence electrons. The number of nitrogens with zero attached hydrogens (tertiary/aromatic N) is 2. The van der Waals surface area contributed by atoms with Gasteiger partial charge in [-0.25, -0.2) is 4.39 Å². The first-order valence-electron chi connectivity index (χ1n) is 9.53. The molecule has 0 unspecified atom stereocenters. The number of aryl methyl sites for hydroxylation is 1. The fraction of sp³-hybridized carbons (Fsp3) is 0.0833. The van der Waals surface area contributed by atoms with Crippen molar-refractivity contribution in [2.45, 2.75) is 13.0 Å². The third-order valence-electron chi connectivity index (χ3n) is 5.38. The Hall–Kier alpha value is -3.44. The number of hydrogen-bond acceptors (Lipinski definition) is 2. The average Bonchev–Trinajstić information content (AvgIpc) is 3.29. The molecule has 30 heavy (non-hydrogen) atoms. The van der Waals surface area contributed by atoms with Crippen molar-refractivity contribution in [2.24, 2.45) is 0 Å². The molecule has 0 spiro atoms. The summed E-state index contributed by atoms with van der Waals surface area (Å²) in [4.78, 5) is 15.1. The number of anilines is 1. The van der Waals surface area contributed by atoms with Crippen LogP contribution in [0, 0.1) is 12.7 Å². The Kier molecular flexibility index (Phi) is 4.40. The van der Waals surface area contributed by atoms with Crippen molar-refractivity contribution in [3.05, 3.63) is 106 Å². The molecular weight excluding hydrogens is 401 g/mol. The lowest BCUT2D eigenvalue weighted by atomic mass is 9.95. The summed E-state index contributed by atoms with van der Waals surface area (Å²) in [6, 6.07) is 20.9. The van der Waals surface area contributed by atoms with E-state index in [-0.39, 0.29) is 11.7 Å². The predicted octanol–water partition coefficient (Wildman–Crippen LogP) is 5.93. The van der Waals surface area contributed by atoms with Gasteiger partial charge in [0.15, 0.2) is 0 Å². The van der Waals surface area contributed by atoms with E-state index < -0.39 is 6.04 Å². The summed E-state index contributed by atoms with van der Waals surface area (Å²) in [5, 5.41) is 7.97. The summed E-state index contributed by atoms with van der Waals surface area (Å²) >= 11 is 6.05. The monoisotopic (exact) mass is 417 g/mol. The van der Waals surface area contributed by atoms with E-state index in [9.17, 15) is 9.18 Å². The maximum absolute atomic E-state index is 13.6. The van der Waals surface area contributed by atoms with Crippen LogP contribution in [0.15, 0.2) is 72.8 Å². The molecule has 5 rings (SSSR count). The minimum atomic E-state index is -0.440. The Balaban J connectivity index is 1.71. The molecule has 3 aromatic carbocycles. The first-order valence-corrected chi connectivity index (χ1v) is 9.90. The van der Waals surface area contributed by atoms with Gasteiger partial charge in [-0.1, -0.05) is 53.6 Å². The predicted molar refractivity (Wildman–Crippen MR) is 115 cm³/mol. The SMILES string of the molecule is Cc1ccc(-c2n[nH]c3c2[C@@H](c2ccc(F)cc2)N(c2ccc(Cl)cc2)C3=O)cc1. The summed E-state index contributed by atoms with van der Waals surface area (Å²) in [5.74, 6) is -0.514. The number of H-pyrrole nitrogens is 1. The van der Waals surface area contributed by atoms with E-state index in [0.717, 1.165) is 22.3 Å². The zero-order valence-corrected chi connectivity index (χ0v) is 16.8. The Labute approximate surface area is 177 Å². The van der Waals surface area contributed by atoms with Crippen LogP contribution in [0.3, 0.4) is 0 Å². The van der Waals surface area contributed by atoms with Gasteiger partial charge in [0.05, 0.1) is 11.7 Å². The number of amides is 1. The first-order chi connectivity index (χ1) is 14.5. The number of aromatic amines is 1. The molecule has 0 saturated carbocycles. The minimum Gasteiger partial charge on any atom is -0.295 e. The first kappa shape index (κ1) is 18.6. The Morgan fingerprint density at radius 1 is 0.967 bits per heavy atom. The molecule has 0 bridgehead atoms. The highest BCUT2D eigenvalue weighted by atomic mass is 35.5. The van der Waals surface area contributed by atoms with Crippen molar-refractivity contribution in [2.75, 3.05) is 4.90 Å². The van der Waals surface area contributed by atoms with Crippen molar-refractivity contribution in [3.63, 3.8) is 0 Å². The van der Waals surface area contributed by atoms with E-state index >= 15 is 0 Å². The number of rotatable bonds is 3. The molecule has 0 saturated heterocycles. The van der Waals surface area contributed by atoms with Gasteiger partial charge in [-0.2, -0.15) is 5.10 Å². The topological polar surface area (TPSA) is 49.0 Å². The standard InChI is InChI=1S/C24H17ClFN3O/c1-14-2-4-15(5-3-14)21-20-22(28-27-21)24(30)29(19-12-8-17(25)9-13-19)23(20)16-6-10-18(26)11-7-16/h2-13,23H,1H3,(H,27,28)/t23-/m1/s1. The molecule has 1 aliphatic heterocycles. The maximum Gasteiger partial charge on any atom is 0.277 e. The van der Waals surface area contributed by atoms with Crippen molar-refractivity contribution < 1.29 is 9.18 Å². The van der Waals surface area contributed by atoms with E-state index in [1.165, 1.54) is 12.1 Å². The van der Waals surface area contributed by atoms with E-state index in [1.807, 2.05) is 43.3 Å². The van der Waals surface area contributed by atoms with Gasteiger partial charge in [-0.3, -0.25) is 14.8 Å². The molecular formula is C24H17ClFN3O. The third-order valence-corrected chi connectivity index (χ3v) is 5.64. The van der Waals surface area contributed by atoms with Gasteiger partial charge in [0, 0.05) is 21.8 Å². The molecule has 1 aromatic heterocycles. The second kappa shape index (κ2) is 7.11. The summed E-state index contributed by atoms with van der Waals surface area (Å²) in [7, 11) is 0. The normalized spacial score (nSPS) is 15.5. The second-order valence-electron chi connectivity index (χ2n) is 7.33. The highest BCUT2D eigenvalue weighted by molar-refractivity contribution is 6.30. The van der Waals surface area contributed by atoms with E-state index in [2.05, 4.69) is 10.2 Å². The molecule has 2 heterocycles. The highest BCUT2D eigenvalue weighted by Crippen LogP contribution is 2.45. The van der Waals surface area contributed by atoms with Crippen LogP contribution >= 0.6 is 11.6 Å². The third kappa shape index (κ3) is 2.99. The molecule has 6 heteroatoms. The quantitative estimate of drug-likeness (QED) is 0.449. The number of fused-ring (bicyclic) bond motifs is 1. The molecule has 0 radical (unpaired) electrons. The summed E-state index contributed by atoms with van der Waals surface area (Å²) in [6.07, 6.45) is 0. The highest BCUT2D eigenvalue weighted by Gasteiger charge is 2.43. The number of halogens is 2. The zero-order valence-electron chi connectivity index (χ0n) is 16.1. The van der Waals surface area contributed by atoms with E-state index in [0.29, 0.717) is 22.1 Å². The number of aromatic nitrogens is 2. The van der Waals surface area contributed by atoms with Gasteiger partial charge in [0.1, 0.15) is 11.5 Å². The number of benzene rings is 3. The van der Waals surface area contributed by atoms with Crippen LogP contribution in [0.5, 0.6) is 0 Å². The van der Waals surface area contributed by atoms with Gasteiger partial charge in [-0.05, 0) is 48.9 Å². The van der Waals surface area contributed by atoms with Crippen molar-refractivity contribution >= 4 is 23.2 Å². The minimum absolute atomic E-state index is 0.187. The van der Waals surface area contributed by atoms with Crippen LogP contribution in [-0.2, 0) is 0 Å². The molecule has 1 N–H and O–H groups in total. The van der Waals surface area contributed by atoms with Crippen LogP contribution in [0.1, 0.15) is 33.2 Å². The Morgan fingerprint density at radius 2 is 1.63 bits per heavy atom. The van der Waals surface area contributed by atoms with E-state index in [4.69, 9.17) is 11.6 Å². The summed E-state index contributed by atoms with van der Waals surface area (Å²) < 4.78 is 13.6. The fourth-order valence-corrected chi connectivity index (χ4v) is 4.03. The second-order valence-corrected chi connectivity index (χ2v) is 7.77. The molecule has 1 amide bonds. The van der Waals surface area contributed by atoms with Crippen molar-refractivity contribution in [3.8, 4) is 11.3 Å². The number of carbonyl (C=O) groups excluding carboxylic acids is 1. The lowest BCUT2D eigenvalue weighted by molar-refractivity contribution is 0.0989. The molecule has 4 aromatic rings. The molecule has 0 fully saturated rings. The molecule has 1 atom stereocenters. The smallest absolute Gasteiger partial charge is 0.277 e. The number of hydrogen-bond donors (Lipinski definition) is 1. The lowest BCUT2D eigenvalue weighted by Crippen LogP contribution is -2.29. The van der Waals surface area contributed by atoms with Gasteiger partial charge in [0.2, 0.25) is 0 Å². The van der Waals surface area contributed by atoms with Gasteiger partial charge in [-0.15, -0.1) is 0 Å². The van der Waals surface area contributed by atoms with Crippen molar-refractivity contribution in [1.29, 1.82) is 0 Å². The van der Waals surface area contributed by atoms with Gasteiger partial charge in [0.25, 0.3) is 5.91 Å². The Bertz CT molecular complexity index is 1230. The van der Waals surface area contributed by atoms with Crippen molar-refractivity contribution in [1.82, 2.24) is 10.2 Å². The molecule has 0 aliphatic carbocycles. The van der Waals surface area contributed by atoms with Crippen LogP contribution in [0.4, 0.5) is 10.1 Å². The van der Waals surface area contributed by atoms with Gasteiger partial charge < -0.3 is 0 Å². The summed E-state index contributed by atoms with van der Waals surface area (Å²) in [5.41, 5.74) is 5.49. The molecule has 1 aliphatic rings.